The van der Waals surface area contributed by atoms with Crippen LogP contribution in [-0.4, -0.2) is 26.8 Å². The van der Waals surface area contributed by atoms with Gasteiger partial charge in [-0.05, 0) is 56.0 Å². The van der Waals surface area contributed by atoms with Crippen LogP contribution in [0.1, 0.15) is 25.7 Å². The second-order valence-electron chi connectivity index (χ2n) is 5.87. The number of nitrogens with one attached hydrogen (secondary N) is 1. The van der Waals surface area contributed by atoms with Crippen molar-refractivity contribution in [2.45, 2.75) is 25.7 Å². The molecule has 2 aromatic rings. The third-order valence-corrected chi connectivity index (χ3v) is 4.35. The van der Waals surface area contributed by atoms with Crippen molar-refractivity contribution in [3.8, 4) is 5.69 Å². The Kier molecular flexibility index (Phi) is 4.41. The summed E-state index contributed by atoms with van der Waals surface area (Å²) < 4.78 is 1.75. The van der Waals surface area contributed by atoms with Gasteiger partial charge in [0.1, 0.15) is 0 Å². The van der Waals surface area contributed by atoms with E-state index in [0.717, 1.165) is 11.4 Å². The highest BCUT2D eigenvalue weighted by Gasteiger charge is 2.29. The molecule has 6 nitrogen and oxygen atoms in total. The van der Waals surface area contributed by atoms with Crippen molar-refractivity contribution in [2.75, 3.05) is 5.32 Å². The highest BCUT2D eigenvalue weighted by Crippen LogP contribution is 2.29. The van der Waals surface area contributed by atoms with Gasteiger partial charge in [0.15, 0.2) is 0 Å². The molecule has 2 N–H and O–H groups in total. The summed E-state index contributed by atoms with van der Waals surface area (Å²) in [7, 11) is 0. The lowest BCUT2D eigenvalue weighted by molar-refractivity contribution is -0.143. The quantitative estimate of drug-likeness (QED) is 0.909. The van der Waals surface area contributed by atoms with Crippen molar-refractivity contribution in [3.05, 3.63) is 42.7 Å². The lowest BCUT2D eigenvalue weighted by Gasteiger charge is -2.25. The molecule has 1 aromatic carbocycles. The standard InChI is InChI=1S/C17H19N3O3/c21-16(12-2-4-13(5-3-12)17(22)23)19-14-6-8-15(9-7-14)20-11-1-10-18-20/h1,6-13H,2-5H2,(H,19,21)(H,22,23). The number of aromatic nitrogens is 2. The summed E-state index contributed by atoms with van der Waals surface area (Å²) in [5.74, 6) is -1.18. The van der Waals surface area contributed by atoms with Crippen LogP contribution in [0.2, 0.25) is 0 Å². The minimum atomic E-state index is -0.752. The first-order valence-electron chi connectivity index (χ1n) is 7.77. The van der Waals surface area contributed by atoms with E-state index in [1.165, 1.54) is 0 Å². The number of carboxylic acids is 1. The van der Waals surface area contributed by atoms with Crippen molar-refractivity contribution in [2.24, 2.45) is 11.8 Å². The number of carboxylic acid groups (broad SMARTS) is 1. The van der Waals surface area contributed by atoms with Gasteiger partial charge in [-0.25, -0.2) is 4.68 Å². The largest absolute Gasteiger partial charge is 0.481 e. The van der Waals surface area contributed by atoms with E-state index >= 15 is 0 Å². The fourth-order valence-electron chi connectivity index (χ4n) is 2.97. The first-order chi connectivity index (χ1) is 11.1. The van der Waals surface area contributed by atoms with E-state index in [1.807, 2.05) is 36.5 Å². The third kappa shape index (κ3) is 3.59. The Morgan fingerprint density at radius 2 is 1.74 bits per heavy atom. The predicted molar refractivity (Wildman–Crippen MR) is 85.3 cm³/mol. The molecule has 1 amide bonds. The first-order valence-corrected chi connectivity index (χ1v) is 7.77. The van der Waals surface area contributed by atoms with Crippen molar-refractivity contribution in [1.29, 1.82) is 0 Å². The molecule has 1 fully saturated rings. The Morgan fingerprint density at radius 1 is 1.09 bits per heavy atom. The van der Waals surface area contributed by atoms with Crippen LogP contribution in [0.3, 0.4) is 0 Å². The van der Waals surface area contributed by atoms with Crippen LogP contribution in [0.25, 0.3) is 5.69 Å². The zero-order valence-corrected chi connectivity index (χ0v) is 12.7. The van der Waals surface area contributed by atoms with Crippen LogP contribution >= 0.6 is 0 Å². The SMILES string of the molecule is O=C(O)C1CCC(C(=O)Nc2ccc(-n3cccn3)cc2)CC1. The summed E-state index contributed by atoms with van der Waals surface area (Å²) in [4.78, 5) is 23.2. The van der Waals surface area contributed by atoms with Crippen LogP contribution in [0.4, 0.5) is 5.69 Å². The molecule has 0 unspecified atom stereocenters. The number of benzene rings is 1. The van der Waals surface area contributed by atoms with Gasteiger partial charge in [0.05, 0.1) is 11.6 Å². The van der Waals surface area contributed by atoms with E-state index in [1.54, 1.807) is 10.9 Å². The van der Waals surface area contributed by atoms with Gasteiger partial charge >= 0.3 is 5.97 Å². The number of aliphatic carboxylic acids is 1. The second kappa shape index (κ2) is 6.64. The van der Waals surface area contributed by atoms with E-state index in [4.69, 9.17) is 5.11 Å². The molecule has 120 valence electrons. The fourth-order valence-corrected chi connectivity index (χ4v) is 2.97. The van der Waals surface area contributed by atoms with Crippen LogP contribution in [0.5, 0.6) is 0 Å². The van der Waals surface area contributed by atoms with Gasteiger partial charge in [-0.1, -0.05) is 0 Å². The summed E-state index contributed by atoms with van der Waals surface area (Å²) in [6.45, 7) is 0. The number of hydrogen-bond donors (Lipinski definition) is 2. The molecule has 3 rings (SSSR count). The molecular weight excluding hydrogens is 294 g/mol. The number of hydrogen-bond acceptors (Lipinski definition) is 3. The van der Waals surface area contributed by atoms with Crippen molar-refractivity contribution >= 4 is 17.6 Å². The Morgan fingerprint density at radius 3 is 2.30 bits per heavy atom. The molecule has 1 aliphatic rings. The number of anilines is 1. The molecule has 1 aliphatic carbocycles. The van der Waals surface area contributed by atoms with Gasteiger partial charge in [0.25, 0.3) is 0 Å². The number of rotatable bonds is 4. The van der Waals surface area contributed by atoms with Crippen molar-refractivity contribution < 1.29 is 14.7 Å². The zero-order chi connectivity index (χ0) is 16.2. The Bertz CT molecular complexity index is 672. The highest BCUT2D eigenvalue weighted by molar-refractivity contribution is 5.92. The minimum Gasteiger partial charge on any atom is -0.481 e. The van der Waals surface area contributed by atoms with Crippen LogP contribution in [0.15, 0.2) is 42.7 Å². The summed E-state index contributed by atoms with van der Waals surface area (Å²) in [5.41, 5.74) is 1.67. The zero-order valence-electron chi connectivity index (χ0n) is 12.7. The smallest absolute Gasteiger partial charge is 0.306 e. The molecule has 6 heteroatoms. The average molecular weight is 313 g/mol. The van der Waals surface area contributed by atoms with Gasteiger partial charge < -0.3 is 10.4 Å². The van der Waals surface area contributed by atoms with E-state index in [0.29, 0.717) is 25.7 Å². The van der Waals surface area contributed by atoms with Gasteiger partial charge in [0.2, 0.25) is 5.91 Å². The van der Waals surface area contributed by atoms with E-state index < -0.39 is 5.97 Å². The van der Waals surface area contributed by atoms with Crippen molar-refractivity contribution in [3.63, 3.8) is 0 Å². The normalized spacial score (nSPS) is 20.9. The van der Waals surface area contributed by atoms with Crippen LogP contribution in [0, 0.1) is 11.8 Å². The summed E-state index contributed by atoms with van der Waals surface area (Å²) >= 11 is 0. The Hall–Kier alpha value is -2.63. The molecule has 0 aliphatic heterocycles. The topological polar surface area (TPSA) is 84.2 Å². The van der Waals surface area contributed by atoms with E-state index in [9.17, 15) is 9.59 Å². The lowest BCUT2D eigenvalue weighted by Crippen LogP contribution is -2.29. The molecule has 0 atom stereocenters. The minimum absolute atomic E-state index is 0.0272. The molecule has 1 heterocycles. The molecule has 1 saturated carbocycles. The molecule has 0 bridgehead atoms. The molecule has 1 aromatic heterocycles. The molecule has 0 spiro atoms. The second-order valence-corrected chi connectivity index (χ2v) is 5.87. The van der Waals surface area contributed by atoms with Gasteiger partial charge in [-0.3, -0.25) is 9.59 Å². The summed E-state index contributed by atoms with van der Waals surface area (Å²) in [6.07, 6.45) is 5.98. The Labute approximate surface area is 134 Å². The van der Waals surface area contributed by atoms with Gasteiger partial charge in [0, 0.05) is 24.0 Å². The molecular formula is C17H19N3O3. The molecule has 0 radical (unpaired) electrons. The van der Waals surface area contributed by atoms with E-state index in [-0.39, 0.29) is 17.7 Å². The number of nitrogens with zero attached hydrogens (tertiary/aromatic N) is 2. The van der Waals surface area contributed by atoms with Crippen molar-refractivity contribution in [1.82, 2.24) is 9.78 Å². The lowest BCUT2D eigenvalue weighted by atomic mass is 9.81. The van der Waals surface area contributed by atoms with Crippen LogP contribution in [-0.2, 0) is 9.59 Å². The number of carbonyl (C=O) groups is 2. The average Bonchev–Trinajstić information content (AvgIpc) is 3.10. The first kappa shape index (κ1) is 15.3. The van der Waals surface area contributed by atoms with Crippen LogP contribution < -0.4 is 5.32 Å². The summed E-state index contributed by atoms with van der Waals surface area (Å²) in [6, 6.07) is 9.33. The highest BCUT2D eigenvalue weighted by atomic mass is 16.4. The Balaban J connectivity index is 1.57. The van der Waals surface area contributed by atoms with Gasteiger partial charge in [-0.15, -0.1) is 0 Å². The third-order valence-electron chi connectivity index (χ3n) is 4.35. The molecule has 23 heavy (non-hydrogen) atoms. The maximum Gasteiger partial charge on any atom is 0.306 e. The molecule has 0 saturated heterocycles. The van der Waals surface area contributed by atoms with E-state index in [2.05, 4.69) is 10.4 Å². The number of amides is 1. The fraction of sp³-hybridized carbons (Fsp3) is 0.353. The summed E-state index contributed by atoms with van der Waals surface area (Å²) in [5, 5.41) is 16.1. The maximum atomic E-state index is 12.3. The maximum absolute atomic E-state index is 12.3. The number of carbonyl (C=O) groups excluding carboxylic acids is 1. The monoisotopic (exact) mass is 313 g/mol. The predicted octanol–water partition coefficient (Wildman–Crippen LogP) is 2.70. The van der Waals surface area contributed by atoms with Gasteiger partial charge in [-0.2, -0.15) is 5.10 Å².